The van der Waals surface area contributed by atoms with Crippen molar-refractivity contribution in [3.05, 3.63) is 140 Å². The van der Waals surface area contributed by atoms with Crippen molar-refractivity contribution in [2.75, 3.05) is 6.26 Å². The molecular weight excluding hydrogens is 596 g/mol. The zero-order valence-electron chi connectivity index (χ0n) is 17.3. The Balaban J connectivity index is 0.000000626. The number of rotatable bonds is 3. The normalized spacial score (nSPS) is 12.5. The topological polar surface area (TPSA) is 56.4 Å². The molecule has 162 valence electrons. The van der Waals surface area contributed by atoms with Crippen molar-refractivity contribution in [3.63, 3.8) is 0 Å². The molecule has 1 unspecified atom stereocenters. The van der Waals surface area contributed by atoms with Crippen LogP contribution in [-0.4, -0.2) is 10.5 Å². The van der Waals surface area contributed by atoms with Crippen LogP contribution < -0.4 is 15.9 Å². The van der Waals surface area contributed by atoms with E-state index in [-0.39, 0.29) is 20.4 Å². The smallest absolute Gasteiger partial charge is 0 e. The molecule has 3 nitrogen and oxygen atoms in total. The fraction of sp³-hybridized carbons (Fsp3) is 0.0400. The first-order chi connectivity index (χ1) is 14.7. The molecular formula is C25H25NO2PReS-2. The van der Waals surface area contributed by atoms with Crippen LogP contribution >= 0.6 is 7.92 Å². The van der Waals surface area contributed by atoms with E-state index in [0.29, 0.717) is 0 Å². The van der Waals surface area contributed by atoms with Crippen molar-refractivity contribution >= 4 is 34.6 Å². The first-order valence-corrected chi connectivity index (χ1v) is 12.2. The number of nitrogens with zero attached hydrogens (tertiary/aromatic N) is 1. The SMILES string of the molecule is [CH2-]S(C)=O.[CH]1[CH][CH][CH][CH]1.[N-]=O.[Re].c1ccc(P(c2ccccc2)c2ccccc2)cc1. The fourth-order valence-corrected chi connectivity index (χ4v) is 4.80. The van der Waals surface area contributed by atoms with Crippen LogP contribution in [0.1, 0.15) is 0 Å². The van der Waals surface area contributed by atoms with E-state index in [9.17, 15) is 4.21 Å². The molecule has 0 heterocycles. The number of hydrogen-bond acceptors (Lipinski definition) is 2. The number of benzene rings is 3. The van der Waals surface area contributed by atoms with Gasteiger partial charge in [-0.25, -0.2) is 0 Å². The number of hydrogen-bond donors (Lipinski definition) is 0. The van der Waals surface area contributed by atoms with E-state index >= 15 is 0 Å². The molecule has 4 rings (SSSR count). The predicted molar refractivity (Wildman–Crippen MR) is 133 cm³/mol. The first-order valence-electron chi connectivity index (χ1n) is 9.12. The molecule has 0 N–H and O–H groups in total. The van der Waals surface area contributed by atoms with Crippen molar-refractivity contribution in [2.24, 2.45) is 0 Å². The molecule has 0 amide bonds. The van der Waals surface area contributed by atoms with Gasteiger partial charge >= 0.3 is 0 Å². The van der Waals surface area contributed by atoms with E-state index in [1.54, 1.807) is 0 Å². The summed E-state index contributed by atoms with van der Waals surface area (Å²) in [5.41, 5.74) is 5.75. The Labute approximate surface area is 204 Å². The van der Waals surface area contributed by atoms with Crippen LogP contribution in [0.2, 0.25) is 0 Å². The monoisotopic (exact) mass is 621 g/mol. The van der Waals surface area contributed by atoms with Crippen molar-refractivity contribution in [1.29, 1.82) is 0 Å². The molecule has 1 aliphatic carbocycles. The van der Waals surface area contributed by atoms with E-state index in [0.717, 1.165) is 0 Å². The molecule has 0 spiro atoms. The van der Waals surface area contributed by atoms with E-state index in [2.05, 4.69) is 97.3 Å². The molecule has 0 aliphatic heterocycles. The second-order valence-electron chi connectivity index (χ2n) is 5.88. The van der Waals surface area contributed by atoms with Crippen LogP contribution in [0.5, 0.6) is 0 Å². The second-order valence-corrected chi connectivity index (χ2v) is 9.24. The molecule has 3 aromatic carbocycles. The summed E-state index contributed by atoms with van der Waals surface area (Å²) in [5, 5.41) is 4.19. The average Bonchev–Trinajstić information content (AvgIpc) is 3.38. The molecule has 0 saturated heterocycles. The minimum atomic E-state index is -0.861. The summed E-state index contributed by atoms with van der Waals surface area (Å²) < 4.78 is 9.44. The van der Waals surface area contributed by atoms with Gasteiger partial charge < -0.3 is 10.5 Å². The predicted octanol–water partition coefficient (Wildman–Crippen LogP) is 4.94. The van der Waals surface area contributed by atoms with Gasteiger partial charge in [0.15, 0.2) is 0 Å². The van der Waals surface area contributed by atoms with Gasteiger partial charge in [-0.15, -0.1) is 10.8 Å². The molecule has 1 fully saturated rings. The standard InChI is InChI=1S/C18H15P.C5H5.C2H5OS.NO.Re/c1-4-10-16(11-5-1)19(17-12-6-2-7-13-17)18-14-8-3-9-15-18;1-2-4-5-3-1;1-4(2)3;1-2;/h1-15H;1-5H;1H2,2H3;;/q;;2*-1;. The summed E-state index contributed by atoms with van der Waals surface area (Å²) in [6.07, 6.45) is 14.6. The number of nitroso groups, excluding NO2 is 1. The van der Waals surface area contributed by atoms with Crippen LogP contribution in [-0.2, 0) is 31.2 Å². The Morgan fingerprint density at radius 1 is 0.613 bits per heavy atom. The van der Waals surface area contributed by atoms with Crippen molar-refractivity contribution < 1.29 is 24.6 Å². The van der Waals surface area contributed by atoms with Crippen LogP contribution in [0.15, 0.2) is 91.0 Å². The summed E-state index contributed by atoms with van der Waals surface area (Å²) in [4.78, 5) is 7.25. The van der Waals surface area contributed by atoms with Gasteiger partial charge in [0.2, 0.25) is 0 Å². The van der Waals surface area contributed by atoms with Gasteiger partial charge in [-0.1, -0.05) is 91.0 Å². The maximum absolute atomic E-state index is 9.44. The zero-order valence-corrected chi connectivity index (χ0v) is 21.7. The van der Waals surface area contributed by atoms with Gasteiger partial charge in [0.1, 0.15) is 0 Å². The maximum Gasteiger partial charge on any atom is 0 e. The van der Waals surface area contributed by atoms with E-state index in [4.69, 9.17) is 10.5 Å². The third-order valence-corrected chi connectivity index (χ3v) is 6.04. The third-order valence-electron chi connectivity index (χ3n) is 3.60. The Hall–Kier alpha value is -1.50. The molecule has 1 atom stereocenters. The molecule has 6 radical (unpaired) electrons. The van der Waals surface area contributed by atoms with E-state index in [1.165, 1.54) is 22.2 Å². The summed E-state index contributed by atoms with van der Waals surface area (Å²) in [6.45, 7) is 0. The minimum absolute atomic E-state index is 0. The molecule has 0 aromatic heterocycles. The van der Waals surface area contributed by atoms with E-state index in [1.807, 2.05) is 32.1 Å². The molecule has 0 bridgehead atoms. The Morgan fingerprint density at radius 2 is 0.806 bits per heavy atom. The summed E-state index contributed by atoms with van der Waals surface area (Å²) in [7, 11) is -1.31. The van der Waals surface area contributed by atoms with Crippen molar-refractivity contribution in [1.82, 2.24) is 0 Å². The Bertz CT molecular complexity index is 713. The third kappa shape index (κ3) is 12.8. The minimum Gasteiger partial charge on any atom is -0.577 e. The molecule has 1 saturated carbocycles. The summed E-state index contributed by atoms with van der Waals surface area (Å²) in [6, 6.07) is 32.3. The van der Waals surface area contributed by atoms with Gasteiger partial charge in [0, 0.05) is 20.4 Å². The van der Waals surface area contributed by atoms with Gasteiger partial charge in [-0.3, -0.25) is 10.5 Å². The zero-order chi connectivity index (χ0) is 22.0. The van der Waals surface area contributed by atoms with Crippen molar-refractivity contribution in [2.45, 2.75) is 0 Å². The Morgan fingerprint density at radius 3 is 1.00 bits per heavy atom. The summed E-state index contributed by atoms with van der Waals surface area (Å²) >= 11 is 0. The second kappa shape index (κ2) is 19.2. The summed E-state index contributed by atoms with van der Waals surface area (Å²) in [5.74, 6) is 0. The average molecular weight is 621 g/mol. The maximum atomic E-state index is 9.44. The van der Waals surface area contributed by atoms with Crippen LogP contribution in [0.3, 0.4) is 0 Å². The quantitative estimate of drug-likeness (QED) is 0.308. The molecule has 31 heavy (non-hydrogen) atoms. The Kier molecular flexibility index (Phi) is 18.3. The largest absolute Gasteiger partial charge is 0.577 e. The van der Waals surface area contributed by atoms with Gasteiger partial charge in [0.05, 0.1) is 0 Å². The van der Waals surface area contributed by atoms with Gasteiger partial charge in [-0.05, 0) is 62.2 Å². The molecule has 1 aliphatic rings. The van der Waals surface area contributed by atoms with E-state index < -0.39 is 18.7 Å². The van der Waals surface area contributed by atoms with Crippen LogP contribution in [0.25, 0.3) is 5.59 Å². The molecule has 6 heteroatoms. The van der Waals surface area contributed by atoms with Crippen LogP contribution in [0.4, 0.5) is 0 Å². The van der Waals surface area contributed by atoms with Crippen molar-refractivity contribution in [3.8, 4) is 0 Å². The first kappa shape index (κ1) is 29.5. The van der Waals surface area contributed by atoms with Crippen LogP contribution in [0, 0.1) is 43.3 Å². The van der Waals surface area contributed by atoms with Gasteiger partial charge in [0.25, 0.3) is 0 Å². The van der Waals surface area contributed by atoms with Gasteiger partial charge in [-0.2, -0.15) is 0 Å². The fourth-order valence-electron chi connectivity index (χ4n) is 2.50. The molecule has 3 aromatic rings.